The maximum Gasteiger partial charge on any atom is 0.235 e. The molecule has 19 heavy (non-hydrogen) atoms. The second-order valence-corrected chi connectivity index (χ2v) is 5.16. The molecular formula is C15H15NO2S. The second kappa shape index (κ2) is 6.29. The number of methoxy groups -OCH3 is 1. The molecule has 0 spiro atoms. The van der Waals surface area contributed by atoms with Crippen LogP contribution in [0.4, 0.5) is 0 Å². The molecule has 2 aromatic carbocycles. The van der Waals surface area contributed by atoms with Gasteiger partial charge in [0.05, 0.1) is 7.11 Å². The lowest BCUT2D eigenvalue weighted by Gasteiger charge is -2.13. The van der Waals surface area contributed by atoms with Crippen LogP contribution in [0.3, 0.4) is 0 Å². The molecule has 0 saturated heterocycles. The van der Waals surface area contributed by atoms with Gasteiger partial charge < -0.3 is 10.5 Å². The van der Waals surface area contributed by atoms with Gasteiger partial charge in [0, 0.05) is 4.90 Å². The molecule has 0 aliphatic rings. The van der Waals surface area contributed by atoms with E-state index in [0.29, 0.717) is 0 Å². The summed E-state index contributed by atoms with van der Waals surface area (Å²) in [4.78, 5) is 12.6. The fourth-order valence-corrected chi connectivity index (χ4v) is 2.68. The number of benzene rings is 2. The van der Waals surface area contributed by atoms with Crippen molar-refractivity contribution in [1.29, 1.82) is 0 Å². The number of carbonyl (C=O) groups excluding carboxylic acids is 1. The maximum absolute atomic E-state index is 11.6. The van der Waals surface area contributed by atoms with Crippen LogP contribution in [0.1, 0.15) is 10.8 Å². The van der Waals surface area contributed by atoms with Gasteiger partial charge in [0.1, 0.15) is 11.0 Å². The molecule has 1 amide bonds. The number of ether oxygens (including phenoxy) is 1. The average Bonchev–Trinajstić information content (AvgIpc) is 2.46. The highest BCUT2D eigenvalue weighted by Crippen LogP contribution is 2.35. The predicted octanol–water partition coefficient (Wildman–Crippen LogP) is 3.01. The summed E-state index contributed by atoms with van der Waals surface area (Å²) in [5.74, 6) is 0.451. The van der Waals surface area contributed by atoms with Gasteiger partial charge in [-0.3, -0.25) is 4.79 Å². The third-order valence-electron chi connectivity index (χ3n) is 2.67. The van der Waals surface area contributed by atoms with Gasteiger partial charge in [0.2, 0.25) is 5.91 Å². The summed E-state index contributed by atoms with van der Waals surface area (Å²) in [6, 6.07) is 17.1. The molecule has 2 rings (SSSR count). The molecule has 0 saturated carbocycles. The molecule has 3 nitrogen and oxygen atoms in total. The first-order valence-electron chi connectivity index (χ1n) is 5.85. The molecule has 0 aliphatic carbocycles. The largest absolute Gasteiger partial charge is 0.497 e. The highest BCUT2D eigenvalue weighted by Gasteiger charge is 2.18. The number of hydrogen-bond acceptors (Lipinski definition) is 3. The highest BCUT2D eigenvalue weighted by atomic mass is 32.2. The van der Waals surface area contributed by atoms with Crippen molar-refractivity contribution in [3.05, 3.63) is 60.2 Å². The molecule has 1 atom stereocenters. The zero-order valence-corrected chi connectivity index (χ0v) is 11.4. The van der Waals surface area contributed by atoms with Crippen molar-refractivity contribution in [3.63, 3.8) is 0 Å². The van der Waals surface area contributed by atoms with Crippen molar-refractivity contribution in [2.45, 2.75) is 10.1 Å². The van der Waals surface area contributed by atoms with Crippen LogP contribution in [0.2, 0.25) is 0 Å². The zero-order chi connectivity index (χ0) is 13.7. The minimum Gasteiger partial charge on any atom is -0.497 e. The van der Waals surface area contributed by atoms with E-state index in [0.717, 1.165) is 16.2 Å². The van der Waals surface area contributed by atoms with Gasteiger partial charge in [-0.1, -0.05) is 30.3 Å². The van der Waals surface area contributed by atoms with Gasteiger partial charge in [-0.05, 0) is 29.8 Å². The third-order valence-corrected chi connectivity index (χ3v) is 3.96. The van der Waals surface area contributed by atoms with Crippen molar-refractivity contribution in [1.82, 2.24) is 0 Å². The Morgan fingerprint density at radius 3 is 2.26 bits per heavy atom. The van der Waals surface area contributed by atoms with Gasteiger partial charge in [-0.25, -0.2) is 0 Å². The van der Waals surface area contributed by atoms with Crippen molar-refractivity contribution in [2.75, 3.05) is 7.11 Å². The molecule has 98 valence electrons. The standard InChI is InChI=1S/C15H15NO2S/c1-18-12-7-9-13(10-8-12)19-14(15(16)17)11-5-3-2-4-6-11/h2-10,14H,1H3,(H2,16,17). The van der Waals surface area contributed by atoms with Gasteiger partial charge in [-0.15, -0.1) is 11.8 Å². The van der Waals surface area contributed by atoms with Gasteiger partial charge >= 0.3 is 0 Å². The number of primary amides is 1. The van der Waals surface area contributed by atoms with Crippen LogP contribution in [0.5, 0.6) is 5.75 Å². The number of thioether (sulfide) groups is 1. The number of rotatable bonds is 5. The summed E-state index contributed by atoms with van der Waals surface area (Å²) < 4.78 is 5.11. The molecule has 0 bridgehead atoms. The van der Waals surface area contributed by atoms with Crippen molar-refractivity contribution in [3.8, 4) is 5.75 Å². The highest BCUT2D eigenvalue weighted by molar-refractivity contribution is 8.00. The topological polar surface area (TPSA) is 52.3 Å². The van der Waals surface area contributed by atoms with Crippen molar-refractivity contribution >= 4 is 17.7 Å². The molecule has 0 aromatic heterocycles. The maximum atomic E-state index is 11.6. The van der Waals surface area contributed by atoms with E-state index < -0.39 is 0 Å². The molecule has 0 fully saturated rings. The van der Waals surface area contributed by atoms with E-state index in [2.05, 4.69) is 0 Å². The SMILES string of the molecule is COc1ccc(SC(C(N)=O)c2ccccc2)cc1. The lowest BCUT2D eigenvalue weighted by atomic mass is 10.1. The second-order valence-electron chi connectivity index (χ2n) is 3.99. The smallest absolute Gasteiger partial charge is 0.235 e. The number of carbonyl (C=O) groups is 1. The van der Waals surface area contributed by atoms with Crippen LogP contribution >= 0.6 is 11.8 Å². The van der Waals surface area contributed by atoms with Crippen LogP contribution in [-0.4, -0.2) is 13.0 Å². The van der Waals surface area contributed by atoms with E-state index >= 15 is 0 Å². The van der Waals surface area contributed by atoms with Crippen molar-refractivity contribution < 1.29 is 9.53 Å². The van der Waals surface area contributed by atoms with Crippen LogP contribution in [-0.2, 0) is 4.79 Å². The van der Waals surface area contributed by atoms with E-state index in [1.54, 1.807) is 7.11 Å². The summed E-state index contributed by atoms with van der Waals surface area (Å²) in [5, 5.41) is -0.380. The Morgan fingerprint density at radius 2 is 1.74 bits per heavy atom. The zero-order valence-electron chi connectivity index (χ0n) is 10.6. The van der Waals surface area contributed by atoms with E-state index in [1.165, 1.54) is 11.8 Å². The van der Waals surface area contributed by atoms with E-state index in [-0.39, 0.29) is 11.2 Å². The fraction of sp³-hybridized carbons (Fsp3) is 0.133. The molecule has 2 aromatic rings. The van der Waals surface area contributed by atoms with Crippen molar-refractivity contribution in [2.24, 2.45) is 5.73 Å². The van der Waals surface area contributed by atoms with Crippen LogP contribution in [0.25, 0.3) is 0 Å². The Hall–Kier alpha value is -1.94. The molecule has 2 N–H and O–H groups in total. The van der Waals surface area contributed by atoms with E-state index in [9.17, 15) is 4.79 Å². The Balaban J connectivity index is 2.19. The average molecular weight is 273 g/mol. The molecule has 0 radical (unpaired) electrons. The summed E-state index contributed by atoms with van der Waals surface area (Å²) >= 11 is 1.44. The molecule has 0 heterocycles. The number of nitrogens with two attached hydrogens (primary N) is 1. The van der Waals surface area contributed by atoms with Crippen LogP contribution in [0.15, 0.2) is 59.5 Å². The molecule has 0 aliphatic heterocycles. The lowest BCUT2D eigenvalue weighted by molar-refractivity contribution is -0.117. The first kappa shape index (κ1) is 13.5. The molecule has 4 heteroatoms. The third kappa shape index (κ3) is 3.51. The van der Waals surface area contributed by atoms with Crippen LogP contribution in [0, 0.1) is 0 Å². The minimum absolute atomic E-state index is 0.341. The lowest BCUT2D eigenvalue weighted by Crippen LogP contribution is -2.18. The minimum atomic E-state index is -0.380. The quantitative estimate of drug-likeness (QED) is 0.852. The summed E-state index contributed by atoms with van der Waals surface area (Å²) in [6.45, 7) is 0. The summed E-state index contributed by atoms with van der Waals surface area (Å²) in [7, 11) is 1.62. The predicted molar refractivity (Wildman–Crippen MR) is 77.2 cm³/mol. The first-order chi connectivity index (χ1) is 9.20. The Morgan fingerprint density at radius 1 is 1.11 bits per heavy atom. The van der Waals surface area contributed by atoms with Gasteiger partial charge in [0.15, 0.2) is 0 Å². The number of amides is 1. The van der Waals surface area contributed by atoms with Gasteiger partial charge in [0.25, 0.3) is 0 Å². The summed E-state index contributed by atoms with van der Waals surface area (Å²) in [6.07, 6.45) is 0. The Bertz CT molecular complexity index is 540. The fourth-order valence-electron chi connectivity index (χ4n) is 1.71. The Kier molecular flexibility index (Phi) is 4.47. The first-order valence-corrected chi connectivity index (χ1v) is 6.73. The van der Waals surface area contributed by atoms with Crippen LogP contribution < -0.4 is 10.5 Å². The number of hydrogen-bond donors (Lipinski definition) is 1. The normalized spacial score (nSPS) is 11.8. The molecule has 1 unspecified atom stereocenters. The summed E-state index contributed by atoms with van der Waals surface area (Å²) in [5.41, 5.74) is 6.40. The van der Waals surface area contributed by atoms with E-state index in [4.69, 9.17) is 10.5 Å². The monoisotopic (exact) mass is 273 g/mol. The van der Waals surface area contributed by atoms with Gasteiger partial charge in [-0.2, -0.15) is 0 Å². The van der Waals surface area contributed by atoms with E-state index in [1.807, 2.05) is 54.6 Å². The Labute approximate surface area is 116 Å². The molecular weight excluding hydrogens is 258 g/mol.